The van der Waals surface area contributed by atoms with E-state index >= 15 is 0 Å². The molecule has 1 aliphatic rings. The third-order valence-electron chi connectivity index (χ3n) is 3.84. The van der Waals surface area contributed by atoms with Crippen LogP contribution < -0.4 is 5.32 Å². The highest BCUT2D eigenvalue weighted by atomic mass is 32.1. The van der Waals surface area contributed by atoms with Crippen LogP contribution in [0.5, 0.6) is 0 Å². The van der Waals surface area contributed by atoms with E-state index in [-0.39, 0.29) is 0 Å². The maximum Gasteiger partial charge on any atom is 0.142 e. The Labute approximate surface area is 118 Å². The number of hydrogen-bond acceptors (Lipinski definition) is 4. The van der Waals surface area contributed by atoms with E-state index in [9.17, 15) is 0 Å². The molecule has 1 saturated carbocycles. The van der Waals surface area contributed by atoms with E-state index in [1.165, 1.54) is 19.3 Å². The molecule has 0 saturated heterocycles. The molecule has 3 nitrogen and oxygen atoms in total. The second-order valence-corrected chi connectivity index (χ2v) is 6.11. The van der Waals surface area contributed by atoms with Gasteiger partial charge < -0.3 is 5.32 Å². The molecule has 0 spiro atoms. The highest BCUT2D eigenvalue weighted by Crippen LogP contribution is 2.26. The first kappa shape index (κ1) is 12.8. The van der Waals surface area contributed by atoms with Crippen molar-refractivity contribution in [3.05, 3.63) is 35.5 Å². The van der Waals surface area contributed by atoms with Crippen LogP contribution in [0.4, 0.5) is 0 Å². The van der Waals surface area contributed by atoms with Gasteiger partial charge in [-0.1, -0.05) is 19.4 Å². The Bertz CT molecular complexity index is 523. The molecule has 0 amide bonds. The van der Waals surface area contributed by atoms with Crippen LogP contribution in [-0.4, -0.2) is 16.0 Å². The lowest BCUT2D eigenvalue weighted by Crippen LogP contribution is -2.30. The van der Waals surface area contributed by atoms with Gasteiger partial charge in [0.05, 0.1) is 11.4 Å². The normalized spacial score (nSPS) is 22.8. The van der Waals surface area contributed by atoms with Gasteiger partial charge in [-0.3, -0.25) is 4.98 Å². The zero-order valence-electron chi connectivity index (χ0n) is 11.2. The molecule has 2 atom stereocenters. The summed E-state index contributed by atoms with van der Waals surface area (Å²) in [6, 6.07) is 6.61. The first-order valence-corrected chi connectivity index (χ1v) is 7.80. The van der Waals surface area contributed by atoms with Gasteiger partial charge in [0.15, 0.2) is 0 Å². The summed E-state index contributed by atoms with van der Waals surface area (Å²) in [5, 5.41) is 6.78. The van der Waals surface area contributed by atoms with Gasteiger partial charge in [-0.2, -0.15) is 0 Å². The van der Waals surface area contributed by atoms with E-state index in [0.29, 0.717) is 6.04 Å². The van der Waals surface area contributed by atoms with Crippen molar-refractivity contribution in [3.8, 4) is 10.7 Å². The van der Waals surface area contributed by atoms with E-state index in [2.05, 4.69) is 27.6 Å². The fraction of sp³-hybridized carbons (Fsp3) is 0.467. The summed E-state index contributed by atoms with van der Waals surface area (Å²) >= 11 is 1.67. The fourth-order valence-electron chi connectivity index (χ4n) is 2.68. The predicted octanol–water partition coefficient (Wildman–Crippen LogP) is 3.48. The first-order chi connectivity index (χ1) is 9.33. The first-order valence-electron chi connectivity index (χ1n) is 6.92. The molecule has 0 aromatic carbocycles. The van der Waals surface area contributed by atoms with Crippen molar-refractivity contribution in [1.29, 1.82) is 0 Å². The Morgan fingerprint density at radius 2 is 2.32 bits per heavy atom. The minimum absolute atomic E-state index is 0.667. The summed E-state index contributed by atoms with van der Waals surface area (Å²) in [7, 11) is 0. The molecule has 19 heavy (non-hydrogen) atoms. The Balaban J connectivity index is 1.62. The molecule has 0 aliphatic heterocycles. The van der Waals surface area contributed by atoms with Crippen LogP contribution in [0.25, 0.3) is 10.7 Å². The van der Waals surface area contributed by atoms with E-state index in [1.807, 2.05) is 24.4 Å². The number of thiazole rings is 1. The van der Waals surface area contributed by atoms with Gasteiger partial charge in [-0.25, -0.2) is 4.98 Å². The molecule has 4 heteroatoms. The van der Waals surface area contributed by atoms with Crippen molar-refractivity contribution >= 4 is 11.3 Å². The molecule has 1 aliphatic carbocycles. The van der Waals surface area contributed by atoms with E-state index in [4.69, 9.17) is 0 Å². The summed E-state index contributed by atoms with van der Waals surface area (Å²) < 4.78 is 0. The Morgan fingerprint density at radius 3 is 3.05 bits per heavy atom. The summed E-state index contributed by atoms with van der Waals surface area (Å²) in [4.78, 5) is 9.00. The topological polar surface area (TPSA) is 37.8 Å². The van der Waals surface area contributed by atoms with Crippen LogP contribution in [0.15, 0.2) is 29.8 Å². The van der Waals surface area contributed by atoms with Crippen LogP contribution in [0, 0.1) is 5.92 Å². The van der Waals surface area contributed by atoms with Gasteiger partial charge in [0.2, 0.25) is 0 Å². The molecule has 2 aromatic rings. The van der Waals surface area contributed by atoms with Gasteiger partial charge in [0, 0.05) is 24.2 Å². The quantitative estimate of drug-likeness (QED) is 0.926. The van der Waals surface area contributed by atoms with Crippen LogP contribution >= 0.6 is 11.3 Å². The maximum atomic E-state index is 4.66. The summed E-state index contributed by atoms with van der Waals surface area (Å²) in [5.74, 6) is 0.800. The van der Waals surface area contributed by atoms with Crippen molar-refractivity contribution in [2.45, 2.75) is 38.8 Å². The monoisotopic (exact) mass is 273 g/mol. The van der Waals surface area contributed by atoms with Crippen LogP contribution in [0.2, 0.25) is 0 Å². The lowest BCUT2D eigenvalue weighted by Gasteiger charge is -2.16. The summed E-state index contributed by atoms with van der Waals surface area (Å²) in [6.07, 6.45) is 5.83. The molecule has 2 unspecified atom stereocenters. The van der Waals surface area contributed by atoms with Gasteiger partial charge in [0.1, 0.15) is 5.01 Å². The van der Waals surface area contributed by atoms with E-state index in [1.54, 1.807) is 11.3 Å². The van der Waals surface area contributed by atoms with Crippen molar-refractivity contribution in [3.63, 3.8) is 0 Å². The van der Waals surface area contributed by atoms with E-state index in [0.717, 1.165) is 28.9 Å². The number of nitrogens with one attached hydrogen (secondary N) is 1. The molecule has 100 valence electrons. The minimum atomic E-state index is 0.667. The summed E-state index contributed by atoms with van der Waals surface area (Å²) in [6.45, 7) is 3.21. The predicted molar refractivity (Wildman–Crippen MR) is 79.0 cm³/mol. The molecule has 3 rings (SSSR count). The number of rotatable bonds is 4. The largest absolute Gasteiger partial charge is 0.308 e. The molecule has 0 radical (unpaired) electrons. The molecule has 1 N–H and O–H groups in total. The van der Waals surface area contributed by atoms with Gasteiger partial charge in [-0.05, 0) is 30.9 Å². The second kappa shape index (κ2) is 5.80. The molecule has 2 heterocycles. The molecule has 2 aromatic heterocycles. The molecular formula is C15H19N3S. The van der Waals surface area contributed by atoms with Gasteiger partial charge in [0.25, 0.3) is 0 Å². The Morgan fingerprint density at radius 1 is 1.37 bits per heavy atom. The average molecular weight is 273 g/mol. The third kappa shape index (κ3) is 3.01. The van der Waals surface area contributed by atoms with Crippen LogP contribution in [-0.2, 0) is 6.54 Å². The molecule has 1 fully saturated rings. The fourth-order valence-corrected chi connectivity index (χ4v) is 3.47. The van der Waals surface area contributed by atoms with Crippen LogP contribution in [0.3, 0.4) is 0 Å². The average Bonchev–Trinajstić information content (AvgIpc) is 3.06. The SMILES string of the molecule is CC1CCCC1NCc1csc(-c2ccccn2)n1. The zero-order chi connectivity index (χ0) is 13.1. The van der Waals surface area contributed by atoms with Gasteiger partial charge >= 0.3 is 0 Å². The number of aromatic nitrogens is 2. The Hall–Kier alpha value is -1.26. The smallest absolute Gasteiger partial charge is 0.142 e. The summed E-state index contributed by atoms with van der Waals surface area (Å²) in [5.41, 5.74) is 2.10. The maximum absolute atomic E-state index is 4.66. The lowest BCUT2D eigenvalue weighted by molar-refractivity contribution is 0.424. The number of nitrogens with zero attached hydrogens (tertiary/aromatic N) is 2. The molecule has 0 bridgehead atoms. The third-order valence-corrected chi connectivity index (χ3v) is 4.76. The highest BCUT2D eigenvalue weighted by Gasteiger charge is 2.22. The van der Waals surface area contributed by atoms with Crippen molar-refractivity contribution in [2.75, 3.05) is 0 Å². The lowest BCUT2D eigenvalue weighted by atomic mass is 10.1. The van der Waals surface area contributed by atoms with Crippen LogP contribution in [0.1, 0.15) is 31.9 Å². The highest BCUT2D eigenvalue weighted by molar-refractivity contribution is 7.13. The minimum Gasteiger partial charge on any atom is -0.308 e. The molecular weight excluding hydrogens is 254 g/mol. The van der Waals surface area contributed by atoms with Crippen molar-refractivity contribution in [2.24, 2.45) is 5.92 Å². The Kier molecular flexibility index (Phi) is 3.89. The standard InChI is InChI=1S/C15H19N3S/c1-11-5-4-7-13(11)17-9-12-10-19-15(18-12)14-6-2-3-8-16-14/h2-3,6,8,10-11,13,17H,4-5,7,9H2,1H3. The zero-order valence-corrected chi connectivity index (χ0v) is 12.0. The van der Waals surface area contributed by atoms with Crippen molar-refractivity contribution < 1.29 is 0 Å². The van der Waals surface area contributed by atoms with Gasteiger partial charge in [-0.15, -0.1) is 11.3 Å². The van der Waals surface area contributed by atoms with Crippen molar-refractivity contribution in [1.82, 2.24) is 15.3 Å². The second-order valence-electron chi connectivity index (χ2n) is 5.25. The number of hydrogen-bond donors (Lipinski definition) is 1. The number of pyridine rings is 1. The van der Waals surface area contributed by atoms with E-state index < -0.39 is 0 Å².